The zero-order chi connectivity index (χ0) is 14.0. The van der Waals surface area contributed by atoms with E-state index in [9.17, 15) is 4.79 Å². The maximum atomic E-state index is 12.1. The predicted molar refractivity (Wildman–Crippen MR) is 73.2 cm³/mol. The van der Waals surface area contributed by atoms with Crippen LogP contribution in [0.2, 0.25) is 0 Å². The van der Waals surface area contributed by atoms with Gasteiger partial charge in [-0.2, -0.15) is 0 Å². The molecule has 1 N–H and O–H groups in total. The number of hydrogen-bond donors (Lipinski definition) is 1. The zero-order valence-corrected chi connectivity index (χ0v) is 11.9. The fraction of sp³-hybridized carbons (Fsp3) is 0.533. The lowest BCUT2D eigenvalue weighted by Crippen LogP contribution is -2.26. The number of benzene rings is 1. The molecule has 1 amide bonds. The first-order valence-corrected chi connectivity index (χ1v) is 6.72. The van der Waals surface area contributed by atoms with Crippen LogP contribution in [-0.2, 0) is 4.84 Å². The van der Waals surface area contributed by atoms with Crippen molar-refractivity contribution in [1.82, 2.24) is 5.48 Å². The number of ether oxygens (including phenoxy) is 1. The minimum Gasteiger partial charge on any atom is -0.489 e. The Balaban J connectivity index is 2.12. The summed E-state index contributed by atoms with van der Waals surface area (Å²) in [5, 5.41) is 0. The number of carbonyl (C=O) groups excluding carboxylic acids is 1. The third-order valence-electron chi connectivity index (χ3n) is 3.37. The SMILES string of the molecule is CC(C)CONC(=O)c1cccc2c1OC(C)C2C. The van der Waals surface area contributed by atoms with Gasteiger partial charge in [-0.25, -0.2) is 5.48 Å². The molecule has 104 valence electrons. The quantitative estimate of drug-likeness (QED) is 0.850. The first-order chi connectivity index (χ1) is 9.00. The van der Waals surface area contributed by atoms with E-state index in [0.29, 0.717) is 29.8 Å². The number of hydroxylamine groups is 1. The maximum absolute atomic E-state index is 12.1. The number of hydrogen-bond acceptors (Lipinski definition) is 3. The summed E-state index contributed by atoms with van der Waals surface area (Å²) in [4.78, 5) is 17.3. The molecule has 2 atom stereocenters. The van der Waals surface area contributed by atoms with Crippen molar-refractivity contribution >= 4 is 5.91 Å². The molecule has 0 bridgehead atoms. The molecule has 0 spiro atoms. The Hall–Kier alpha value is -1.55. The van der Waals surface area contributed by atoms with Crippen molar-refractivity contribution in [2.24, 2.45) is 5.92 Å². The van der Waals surface area contributed by atoms with E-state index >= 15 is 0 Å². The second-order valence-corrected chi connectivity index (χ2v) is 5.47. The Morgan fingerprint density at radius 2 is 2.16 bits per heavy atom. The van der Waals surface area contributed by atoms with Crippen LogP contribution in [0, 0.1) is 5.92 Å². The Morgan fingerprint density at radius 1 is 1.42 bits per heavy atom. The lowest BCUT2D eigenvalue weighted by atomic mass is 9.97. The number of para-hydroxylation sites is 1. The van der Waals surface area contributed by atoms with E-state index in [2.05, 4.69) is 12.4 Å². The van der Waals surface area contributed by atoms with Gasteiger partial charge < -0.3 is 4.74 Å². The van der Waals surface area contributed by atoms with Gasteiger partial charge in [0.25, 0.3) is 5.91 Å². The van der Waals surface area contributed by atoms with Crippen LogP contribution in [0.1, 0.15) is 49.5 Å². The maximum Gasteiger partial charge on any atom is 0.278 e. The molecule has 0 saturated heterocycles. The molecular weight excluding hydrogens is 242 g/mol. The van der Waals surface area contributed by atoms with Gasteiger partial charge in [-0.3, -0.25) is 9.63 Å². The van der Waals surface area contributed by atoms with E-state index in [-0.39, 0.29) is 12.0 Å². The van der Waals surface area contributed by atoms with Crippen LogP contribution in [0.4, 0.5) is 0 Å². The monoisotopic (exact) mass is 263 g/mol. The first kappa shape index (κ1) is 13.9. The lowest BCUT2D eigenvalue weighted by molar-refractivity contribution is 0.0206. The molecule has 4 heteroatoms. The number of fused-ring (bicyclic) bond motifs is 1. The van der Waals surface area contributed by atoms with Gasteiger partial charge in [0.05, 0.1) is 12.2 Å². The van der Waals surface area contributed by atoms with Gasteiger partial charge in [-0.05, 0) is 18.9 Å². The van der Waals surface area contributed by atoms with Crippen LogP contribution in [0.15, 0.2) is 18.2 Å². The summed E-state index contributed by atoms with van der Waals surface area (Å²) >= 11 is 0. The largest absolute Gasteiger partial charge is 0.489 e. The molecule has 0 radical (unpaired) electrons. The molecule has 1 aliphatic heterocycles. The Morgan fingerprint density at radius 3 is 2.84 bits per heavy atom. The third kappa shape index (κ3) is 2.89. The molecule has 1 aromatic rings. The molecular formula is C15H21NO3. The summed E-state index contributed by atoms with van der Waals surface area (Å²) in [6, 6.07) is 5.65. The summed E-state index contributed by atoms with van der Waals surface area (Å²) in [6.07, 6.45) is 0.0977. The Labute approximate surface area is 114 Å². The highest BCUT2D eigenvalue weighted by Gasteiger charge is 2.31. The van der Waals surface area contributed by atoms with Crippen molar-refractivity contribution in [3.8, 4) is 5.75 Å². The molecule has 0 fully saturated rings. The highest BCUT2D eigenvalue weighted by atomic mass is 16.7. The van der Waals surface area contributed by atoms with Crippen LogP contribution in [0.25, 0.3) is 0 Å². The molecule has 19 heavy (non-hydrogen) atoms. The molecule has 0 aromatic heterocycles. The predicted octanol–water partition coefficient (Wildman–Crippen LogP) is 2.89. The van der Waals surface area contributed by atoms with E-state index in [1.807, 2.05) is 32.9 Å². The Kier molecular flexibility index (Phi) is 4.10. The van der Waals surface area contributed by atoms with Crippen molar-refractivity contribution in [3.05, 3.63) is 29.3 Å². The first-order valence-electron chi connectivity index (χ1n) is 6.72. The molecule has 0 aliphatic carbocycles. The van der Waals surface area contributed by atoms with Gasteiger partial charge in [0.1, 0.15) is 11.9 Å². The van der Waals surface area contributed by atoms with Crippen molar-refractivity contribution in [3.63, 3.8) is 0 Å². The average Bonchev–Trinajstić information content (AvgIpc) is 2.65. The molecule has 0 saturated carbocycles. The number of amides is 1. The van der Waals surface area contributed by atoms with Crippen LogP contribution in [0.5, 0.6) is 5.75 Å². The molecule has 4 nitrogen and oxygen atoms in total. The third-order valence-corrected chi connectivity index (χ3v) is 3.37. The second-order valence-electron chi connectivity index (χ2n) is 5.47. The summed E-state index contributed by atoms with van der Waals surface area (Å²) in [5.41, 5.74) is 4.10. The van der Waals surface area contributed by atoms with Crippen LogP contribution < -0.4 is 10.2 Å². The van der Waals surface area contributed by atoms with Crippen molar-refractivity contribution < 1.29 is 14.4 Å². The van der Waals surface area contributed by atoms with Crippen LogP contribution in [-0.4, -0.2) is 18.6 Å². The van der Waals surface area contributed by atoms with E-state index in [4.69, 9.17) is 9.57 Å². The second kappa shape index (κ2) is 5.61. The molecule has 2 unspecified atom stereocenters. The highest BCUT2D eigenvalue weighted by molar-refractivity contribution is 5.97. The number of rotatable bonds is 4. The van der Waals surface area contributed by atoms with Crippen LogP contribution in [0.3, 0.4) is 0 Å². The van der Waals surface area contributed by atoms with Crippen molar-refractivity contribution in [2.75, 3.05) is 6.61 Å². The smallest absolute Gasteiger partial charge is 0.278 e. The molecule has 1 heterocycles. The van der Waals surface area contributed by atoms with Gasteiger partial charge in [-0.1, -0.05) is 32.9 Å². The van der Waals surface area contributed by atoms with E-state index in [1.165, 1.54) is 0 Å². The van der Waals surface area contributed by atoms with Gasteiger partial charge in [0.15, 0.2) is 0 Å². The van der Waals surface area contributed by atoms with Crippen LogP contribution >= 0.6 is 0 Å². The van der Waals surface area contributed by atoms with Crippen molar-refractivity contribution in [1.29, 1.82) is 0 Å². The van der Waals surface area contributed by atoms with E-state index in [1.54, 1.807) is 6.07 Å². The number of nitrogens with one attached hydrogen (secondary N) is 1. The molecule has 1 aliphatic rings. The highest BCUT2D eigenvalue weighted by Crippen LogP contribution is 2.40. The zero-order valence-electron chi connectivity index (χ0n) is 11.9. The lowest BCUT2D eigenvalue weighted by Gasteiger charge is -2.11. The molecule has 2 rings (SSSR count). The van der Waals surface area contributed by atoms with E-state index < -0.39 is 0 Å². The van der Waals surface area contributed by atoms with E-state index in [0.717, 1.165) is 5.56 Å². The topological polar surface area (TPSA) is 47.6 Å². The summed E-state index contributed by atoms with van der Waals surface area (Å²) in [7, 11) is 0. The summed E-state index contributed by atoms with van der Waals surface area (Å²) < 4.78 is 5.78. The van der Waals surface area contributed by atoms with Crippen molar-refractivity contribution in [2.45, 2.75) is 39.7 Å². The number of carbonyl (C=O) groups is 1. The Bertz CT molecular complexity index is 470. The standard InChI is InChI=1S/C15H21NO3/c1-9(2)8-18-16-15(17)13-7-5-6-12-10(3)11(4)19-14(12)13/h5-7,9-11H,8H2,1-4H3,(H,16,17). The van der Waals surface area contributed by atoms with Gasteiger partial charge in [-0.15, -0.1) is 0 Å². The van der Waals surface area contributed by atoms with Gasteiger partial charge in [0, 0.05) is 11.5 Å². The summed E-state index contributed by atoms with van der Waals surface area (Å²) in [5.74, 6) is 1.12. The minimum atomic E-state index is -0.251. The van der Waals surface area contributed by atoms with Gasteiger partial charge in [0.2, 0.25) is 0 Å². The minimum absolute atomic E-state index is 0.0977. The normalized spacial score (nSPS) is 21.1. The average molecular weight is 263 g/mol. The summed E-state index contributed by atoms with van der Waals surface area (Å²) in [6.45, 7) is 8.67. The fourth-order valence-electron chi connectivity index (χ4n) is 2.09. The molecule has 1 aromatic carbocycles. The fourth-order valence-corrected chi connectivity index (χ4v) is 2.09. The van der Waals surface area contributed by atoms with Gasteiger partial charge >= 0.3 is 0 Å².